The minimum Gasteiger partial charge on any atom is -0.396 e. The first kappa shape index (κ1) is 9.35. The Bertz CT molecular complexity index is 17.9. The molecule has 0 bridgehead atoms. The van der Waals surface area contributed by atoms with E-state index in [2.05, 4.69) is 0 Å². The molecule has 6 heavy (non-hydrogen) atoms. The van der Waals surface area contributed by atoms with Crippen LogP contribution in [0.4, 0.5) is 0 Å². The summed E-state index contributed by atoms with van der Waals surface area (Å²) in [6.45, 7) is 4.25. The van der Waals surface area contributed by atoms with Crippen molar-refractivity contribution in [1.82, 2.24) is 0 Å². The summed E-state index contributed by atoms with van der Waals surface area (Å²) in [4.78, 5) is 0. The van der Waals surface area contributed by atoms with Crippen LogP contribution in [0.25, 0.3) is 0 Å². The normalized spacial score (nSPS) is 8.00. The monoisotopic (exact) mass is 86.1 g/mol. The second kappa shape index (κ2) is 4.96. The zero-order valence-corrected chi connectivity index (χ0v) is 4.23. The minimum absolute atomic E-state index is 0. The molecule has 0 aliphatic carbocycles. The van der Waals surface area contributed by atoms with E-state index in [-0.39, 0.29) is 7.43 Å². The predicted octanol–water partition coefficient (Wildman–Crippen LogP) is 0.716. The molecular weight excluding hydrogens is 76.1 g/mol. The minimum atomic E-state index is 0. The third-order valence-electron chi connectivity index (χ3n) is 0.365. The SMILES string of the molecule is CC(C)CO.[C]. The predicted molar refractivity (Wildman–Crippen MR) is 25.2 cm³/mol. The topological polar surface area (TPSA) is 20.2 Å². The summed E-state index contributed by atoms with van der Waals surface area (Å²) in [6, 6.07) is 0. The molecule has 0 aliphatic rings. The zero-order chi connectivity index (χ0) is 4.28. The van der Waals surface area contributed by atoms with E-state index in [4.69, 9.17) is 5.11 Å². The molecule has 1 nitrogen and oxygen atoms in total. The fourth-order valence-electron chi connectivity index (χ4n) is 0. The number of aliphatic hydroxyl groups is 1. The van der Waals surface area contributed by atoms with Crippen LogP contribution < -0.4 is 0 Å². The molecule has 36 valence electrons. The van der Waals surface area contributed by atoms with E-state index in [1.54, 1.807) is 0 Å². The molecule has 0 unspecified atom stereocenters. The maximum absolute atomic E-state index is 8.14. The van der Waals surface area contributed by atoms with E-state index < -0.39 is 0 Å². The van der Waals surface area contributed by atoms with Crippen molar-refractivity contribution in [2.45, 2.75) is 13.8 Å². The van der Waals surface area contributed by atoms with Crippen LogP contribution in [0.15, 0.2) is 0 Å². The van der Waals surface area contributed by atoms with E-state index >= 15 is 0 Å². The van der Waals surface area contributed by atoms with Crippen molar-refractivity contribution in [1.29, 1.82) is 0 Å². The van der Waals surface area contributed by atoms with Gasteiger partial charge >= 0.3 is 0 Å². The van der Waals surface area contributed by atoms with Crippen LogP contribution in [0, 0.1) is 13.3 Å². The molecule has 0 amide bonds. The Hall–Kier alpha value is -0.0400. The van der Waals surface area contributed by atoms with Crippen LogP contribution in [-0.4, -0.2) is 11.7 Å². The van der Waals surface area contributed by atoms with Gasteiger partial charge in [-0.25, -0.2) is 0 Å². The molecule has 0 aromatic rings. The zero-order valence-electron chi connectivity index (χ0n) is 4.23. The van der Waals surface area contributed by atoms with Crippen LogP contribution in [-0.2, 0) is 0 Å². The van der Waals surface area contributed by atoms with E-state index in [0.29, 0.717) is 12.5 Å². The highest BCUT2D eigenvalue weighted by molar-refractivity contribution is 4.32. The van der Waals surface area contributed by atoms with Gasteiger partial charge in [-0.15, -0.1) is 0 Å². The van der Waals surface area contributed by atoms with Gasteiger partial charge in [0.1, 0.15) is 0 Å². The third-order valence-corrected chi connectivity index (χ3v) is 0.365. The maximum Gasteiger partial charge on any atom is 0.0453 e. The second-order valence-electron chi connectivity index (χ2n) is 1.58. The average Bonchev–Trinajstić information content (AvgIpc) is 1.38. The van der Waals surface area contributed by atoms with Gasteiger partial charge in [-0.1, -0.05) is 13.8 Å². The molecule has 1 heteroatoms. The number of hydrogen-bond acceptors (Lipinski definition) is 1. The standard InChI is InChI=1S/C4H10O.C/c1-4(2)3-5;/h4-5H,3H2,1-2H3;. The summed E-state index contributed by atoms with van der Waals surface area (Å²) in [5.41, 5.74) is 0. The van der Waals surface area contributed by atoms with Gasteiger partial charge in [0.2, 0.25) is 0 Å². The lowest BCUT2D eigenvalue weighted by Crippen LogP contribution is -1.90. The Morgan fingerprint density at radius 2 is 1.67 bits per heavy atom. The van der Waals surface area contributed by atoms with Crippen molar-refractivity contribution in [3.8, 4) is 0 Å². The maximum atomic E-state index is 8.14. The van der Waals surface area contributed by atoms with Crippen LogP contribution in [0.1, 0.15) is 13.8 Å². The van der Waals surface area contributed by atoms with Crippen molar-refractivity contribution in [3.63, 3.8) is 0 Å². The molecule has 0 rings (SSSR count). The largest absolute Gasteiger partial charge is 0.396 e. The highest BCUT2D eigenvalue weighted by Crippen LogP contribution is 1.83. The van der Waals surface area contributed by atoms with E-state index in [1.165, 1.54) is 0 Å². The highest BCUT2D eigenvalue weighted by Gasteiger charge is 1.81. The number of aliphatic hydroxyl groups excluding tert-OH is 1. The quantitative estimate of drug-likeness (QED) is 0.498. The third kappa shape index (κ3) is 9.03. The molecule has 4 radical (unpaired) electrons. The number of hydrogen-bond donors (Lipinski definition) is 1. The molecule has 0 aromatic carbocycles. The van der Waals surface area contributed by atoms with Gasteiger partial charge in [-0.2, -0.15) is 0 Å². The molecule has 0 saturated carbocycles. The molecule has 1 N–H and O–H groups in total. The van der Waals surface area contributed by atoms with E-state index in [9.17, 15) is 0 Å². The van der Waals surface area contributed by atoms with Gasteiger partial charge in [0, 0.05) is 14.0 Å². The van der Waals surface area contributed by atoms with Crippen molar-refractivity contribution in [2.75, 3.05) is 6.61 Å². The van der Waals surface area contributed by atoms with Crippen LogP contribution in [0.5, 0.6) is 0 Å². The molecule has 0 aromatic heterocycles. The van der Waals surface area contributed by atoms with Crippen LogP contribution >= 0.6 is 0 Å². The molecular formula is C5H10O. The number of rotatable bonds is 1. The Balaban J connectivity index is 0. The Kier molecular flexibility index (Phi) is 7.73. The fourth-order valence-corrected chi connectivity index (χ4v) is 0. The molecule has 0 atom stereocenters. The highest BCUT2D eigenvalue weighted by atomic mass is 16.3. The fraction of sp³-hybridized carbons (Fsp3) is 0.800. The smallest absolute Gasteiger partial charge is 0.0453 e. The van der Waals surface area contributed by atoms with Gasteiger partial charge in [0.25, 0.3) is 0 Å². The van der Waals surface area contributed by atoms with Crippen molar-refractivity contribution in [2.24, 2.45) is 5.92 Å². The summed E-state index contributed by atoms with van der Waals surface area (Å²) in [7, 11) is 0. The first-order valence-corrected chi connectivity index (χ1v) is 1.88. The Morgan fingerprint density at radius 1 is 1.50 bits per heavy atom. The summed E-state index contributed by atoms with van der Waals surface area (Å²) in [5.74, 6) is 0.440. The lowest BCUT2D eigenvalue weighted by molar-refractivity contribution is 0.248. The molecule has 0 spiro atoms. The molecule has 0 fully saturated rings. The molecule has 0 aliphatic heterocycles. The molecule has 0 heterocycles. The van der Waals surface area contributed by atoms with Gasteiger partial charge in [0.15, 0.2) is 0 Å². The Morgan fingerprint density at radius 3 is 1.67 bits per heavy atom. The van der Waals surface area contributed by atoms with E-state index in [0.717, 1.165) is 0 Å². The summed E-state index contributed by atoms with van der Waals surface area (Å²) in [5, 5.41) is 8.14. The van der Waals surface area contributed by atoms with Gasteiger partial charge in [0.05, 0.1) is 0 Å². The van der Waals surface area contributed by atoms with Crippen molar-refractivity contribution < 1.29 is 5.11 Å². The Labute approximate surface area is 40.0 Å². The average molecular weight is 86.1 g/mol. The molecule has 0 saturated heterocycles. The van der Waals surface area contributed by atoms with Gasteiger partial charge in [-0.05, 0) is 5.92 Å². The second-order valence-corrected chi connectivity index (χ2v) is 1.58. The van der Waals surface area contributed by atoms with Gasteiger partial charge in [-0.3, -0.25) is 0 Å². The summed E-state index contributed by atoms with van der Waals surface area (Å²) in [6.07, 6.45) is 0. The van der Waals surface area contributed by atoms with Crippen molar-refractivity contribution >= 4 is 0 Å². The lowest BCUT2D eigenvalue weighted by atomic mass is 10.2. The lowest BCUT2D eigenvalue weighted by Gasteiger charge is -1.90. The van der Waals surface area contributed by atoms with Crippen LogP contribution in [0.2, 0.25) is 0 Å². The van der Waals surface area contributed by atoms with Gasteiger partial charge < -0.3 is 5.11 Å². The summed E-state index contributed by atoms with van der Waals surface area (Å²) < 4.78 is 0. The first-order chi connectivity index (χ1) is 2.27. The van der Waals surface area contributed by atoms with Crippen LogP contribution in [0.3, 0.4) is 0 Å². The summed E-state index contributed by atoms with van der Waals surface area (Å²) >= 11 is 0. The van der Waals surface area contributed by atoms with E-state index in [1.807, 2.05) is 13.8 Å². The van der Waals surface area contributed by atoms with Crippen molar-refractivity contribution in [3.05, 3.63) is 7.43 Å². The first-order valence-electron chi connectivity index (χ1n) is 1.88.